The van der Waals surface area contributed by atoms with Gasteiger partial charge in [-0.05, 0) is 24.3 Å². The Morgan fingerprint density at radius 3 is 1.64 bits per heavy atom. The van der Waals surface area contributed by atoms with Gasteiger partial charge < -0.3 is 0 Å². The van der Waals surface area contributed by atoms with Crippen LogP contribution >= 0.6 is 0 Å². The van der Waals surface area contributed by atoms with Crippen LogP contribution in [0.4, 0.5) is 11.6 Å². The van der Waals surface area contributed by atoms with E-state index < -0.39 is 0 Å². The minimum Gasteiger partial charge on any atom is -0.157 e. The van der Waals surface area contributed by atoms with Crippen LogP contribution in [0.25, 0.3) is 0 Å². The van der Waals surface area contributed by atoms with E-state index in [0.717, 1.165) is 0 Å². The third-order valence-corrected chi connectivity index (χ3v) is 1.37. The maximum absolute atomic E-state index is 3.83. The summed E-state index contributed by atoms with van der Waals surface area (Å²) in [5, 5.41) is 22.4. The number of azo groups is 1. The van der Waals surface area contributed by atoms with Crippen molar-refractivity contribution in [1.29, 1.82) is 0 Å². The van der Waals surface area contributed by atoms with Crippen LogP contribution in [0.15, 0.2) is 46.9 Å². The van der Waals surface area contributed by atoms with Gasteiger partial charge in [-0.1, -0.05) is 0 Å². The summed E-state index contributed by atoms with van der Waals surface area (Å²) in [6.45, 7) is 0. The van der Waals surface area contributed by atoms with Crippen molar-refractivity contribution in [2.24, 2.45) is 10.2 Å². The Bertz CT molecular complexity index is 371. The van der Waals surface area contributed by atoms with E-state index in [1.807, 2.05) is 0 Å². The number of rotatable bonds is 2. The summed E-state index contributed by atoms with van der Waals surface area (Å²) in [6.07, 6.45) is 3.14. The van der Waals surface area contributed by atoms with Crippen molar-refractivity contribution in [2.45, 2.75) is 0 Å². The average molecular weight is 186 g/mol. The largest absolute Gasteiger partial charge is 0.196 e. The fourth-order valence-electron chi connectivity index (χ4n) is 0.796. The van der Waals surface area contributed by atoms with Gasteiger partial charge >= 0.3 is 0 Å². The van der Waals surface area contributed by atoms with E-state index >= 15 is 0 Å². The Morgan fingerprint density at radius 1 is 0.786 bits per heavy atom. The van der Waals surface area contributed by atoms with Crippen LogP contribution in [0, 0.1) is 0 Å². The number of hydrogen-bond donors (Lipinski definition) is 0. The summed E-state index contributed by atoms with van der Waals surface area (Å²) in [5.74, 6) is 0.885. The van der Waals surface area contributed by atoms with E-state index in [-0.39, 0.29) is 0 Å². The molecule has 0 fully saturated rings. The fourth-order valence-corrected chi connectivity index (χ4v) is 0.796. The molecule has 2 rings (SSSR count). The summed E-state index contributed by atoms with van der Waals surface area (Å²) >= 11 is 0. The maximum Gasteiger partial charge on any atom is 0.196 e. The molecule has 0 atom stereocenters. The third-order valence-electron chi connectivity index (χ3n) is 1.37. The van der Waals surface area contributed by atoms with Crippen molar-refractivity contribution in [1.82, 2.24) is 20.4 Å². The lowest BCUT2D eigenvalue weighted by molar-refractivity contribution is 0.968. The van der Waals surface area contributed by atoms with E-state index in [1.165, 1.54) is 0 Å². The van der Waals surface area contributed by atoms with Gasteiger partial charge in [-0.15, -0.1) is 20.4 Å². The van der Waals surface area contributed by atoms with E-state index in [9.17, 15) is 0 Å². The Morgan fingerprint density at radius 2 is 1.29 bits per heavy atom. The zero-order chi connectivity index (χ0) is 9.64. The van der Waals surface area contributed by atoms with Gasteiger partial charge in [-0.25, -0.2) is 0 Å². The molecule has 0 spiro atoms. The Kier molecular flexibility index (Phi) is 2.46. The molecule has 0 bridgehead atoms. The summed E-state index contributed by atoms with van der Waals surface area (Å²) < 4.78 is 0. The lowest BCUT2D eigenvalue weighted by atomic mass is 10.5. The predicted octanol–water partition coefficient (Wildman–Crippen LogP) is 1.68. The van der Waals surface area contributed by atoms with Crippen LogP contribution in [0.5, 0.6) is 0 Å². The maximum atomic E-state index is 3.83. The fraction of sp³-hybridized carbons (Fsp3) is 0. The molecule has 0 saturated carbocycles. The molecule has 0 unspecified atom stereocenters. The molecule has 2 heterocycles. The highest BCUT2D eigenvalue weighted by Gasteiger charge is 1.90. The molecule has 14 heavy (non-hydrogen) atoms. The van der Waals surface area contributed by atoms with Gasteiger partial charge in [0, 0.05) is 12.4 Å². The van der Waals surface area contributed by atoms with E-state index in [2.05, 4.69) is 30.6 Å². The van der Waals surface area contributed by atoms with Crippen molar-refractivity contribution >= 4 is 11.6 Å². The van der Waals surface area contributed by atoms with Gasteiger partial charge in [0.15, 0.2) is 11.6 Å². The number of aromatic nitrogens is 4. The summed E-state index contributed by atoms with van der Waals surface area (Å²) in [7, 11) is 0. The Labute approximate surface area is 79.8 Å². The van der Waals surface area contributed by atoms with Gasteiger partial charge in [0.1, 0.15) is 0 Å². The zero-order valence-electron chi connectivity index (χ0n) is 7.15. The minimum atomic E-state index is 0.443. The second-order valence-electron chi connectivity index (χ2n) is 2.36. The van der Waals surface area contributed by atoms with Crippen LogP contribution in [0.2, 0.25) is 0 Å². The number of nitrogens with zero attached hydrogens (tertiary/aromatic N) is 6. The van der Waals surface area contributed by atoms with E-state index in [1.54, 1.807) is 36.7 Å². The first-order valence-electron chi connectivity index (χ1n) is 3.92. The third kappa shape index (κ3) is 2.13. The second-order valence-corrected chi connectivity index (χ2v) is 2.36. The van der Waals surface area contributed by atoms with Gasteiger partial charge in [0.2, 0.25) is 0 Å². The first kappa shape index (κ1) is 8.36. The molecule has 0 aromatic carbocycles. The standard InChI is InChI=1S/C8H6N6/c1-3-7(11-9-5-1)13-14-8-4-2-6-10-12-8/h1-6H. The zero-order valence-corrected chi connectivity index (χ0v) is 7.15. The van der Waals surface area contributed by atoms with Gasteiger partial charge in [0.25, 0.3) is 0 Å². The normalized spacial score (nSPS) is 10.6. The Balaban J connectivity index is 2.16. The van der Waals surface area contributed by atoms with Crippen LogP contribution in [0.1, 0.15) is 0 Å². The van der Waals surface area contributed by atoms with Crippen molar-refractivity contribution in [2.75, 3.05) is 0 Å². The lowest BCUT2D eigenvalue weighted by Gasteiger charge is -1.88. The van der Waals surface area contributed by atoms with Gasteiger partial charge in [-0.3, -0.25) is 0 Å². The predicted molar refractivity (Wildman–Crippen MR) is 48.2 cm³/mol. The van der Waals surface area contributed by atoms with Crippen molar-refractivity contribution < 1.29 is 0 Å². The lowest BCUT2D eigenvalue weighted by Crippen LogP contribution is -1.78. The molecule has 68 valence electrons. The topological polar surface area (TPSA) is 76.3 Å². The molecule has 0 aliphatic carbocycles. The summed E-state index contributed by atoms with van der Waals surface area (Å²) in [5.41, 5.74) is 0. The van der Waals surface area contributed by atoms with Crippen LogP contribution < -0.4 is 0 Å². The molecule has 2 aromatic heterocycles. The second kappa shape index (κ2) is 4.13. The molecular formula is C8H6N6. The SMILES string of the molecule is c1cnnc(N=Nc2cccnn2)c1. The first-order chi connectivity index (χ1) is 6.95. The van der Waals surface area contributed by atoms with Gasteiger partial charge in [0.05, 0.1) is 0 Å². The number of hydrogen-bond acceptors (Lipinski definition) is 6. The highest BCUT2D eigenvalue weighted by atomic mass is 15.3. The van der Waals surface area contributed by atoms with Crippen molar-refractivity contribution in [3.8, 4) is 0 Å². The molecule has 0 aliphatic heterocycles. The minimum absolute atomic E-state index is 0.443. The summed E-state index contributed by atoms with van der Waals surface area (Å²) in [6, 6.07) is 6.87. The smallest absolute Gasteiger partial charge is 0.157 e. The quantitative estimate of drug-likeness (QED) is 0.668. The summed E-state index contributed by atoms with van der Waals surface area (Å²) in [4.78, 5) is 0. The molecule has 0 saturated heterocycles. The van der Waals surface area contributed by atoms with E-state index in [4.69, 9.17) is 0 Å². The van der Waals surface area contributed by atoms with Crippen LogP contribution in [-0.2, 0) is 0 Å². The highest BCUT2D eigenvalue weighted by molar-refractivity contribution is 5.26. The molecular weight excluding hydrogens is 180 g/mol. The van der Waals surface area contributed by atoms with Crippen molar-refractivity contribution in [3.05, 3.63) is 36.7 Å². The van der Waals surface area contributed by atoms with E-state index in [0.29, 0.717) is 11.6 Å². The van der Waals surface area contributed by atoms with Crippen LogP contribution in [0.3, 0.4) is 0 Å². The Hall–Kier alpha value is -2.24. The monoisotopic (exact) mass is 186 g/mol. The van der Waals surface area contributed by atoms with Crippen molar-refractivity contribution in [3.63, 3.8) is 0 Å². The molecule has 6 heteroatoms. The molecule has 0 radical (unpaired) electrons. The molecule has 0 amide bonds. The average Bonchev–Trinajstić information content (AvgIpc) is 2.29. The first-order valence-corrected chi connectivity index (χ1v) is 3.92. The molecule has 0 N–H and O–H groups in total. The van der Waals surface area contributed by atoms with Gasteiger partial charge in [-0.2, -0.15) is 10.2 Å². The highest BCUT2D eigenvalue weighted by Crippen LogP contribution is 2.10. The molecule has 0 aliphatic rings. The van der Waals surface area contributed by atoms with Crippen LogP contribution in [-0.4, -0.2) is 20.4 Å². The molecule has 2 aromatic rings. The molecule has 6 nitrogen and oxygen atoms in total.